The van der Waals surface area contributed by atoms with Crippen LogP contribution in [-0.2, 0) is 0 Å². The second-order valence-corrected chi connectivity index (χ2v) is 1.75. The minimum absolute atomic E-state index is 0.472. The lowest BCUT2D eigenvalue weighted by molar-refractivity contribution is 1.46. The maximum atomic E-state index is 7.26. The zero-order valence-corrected chi connectivity index (χ0v) is 4.96. The lowest BCUT2D eigenvalue weighted by atomic mass is 10.1. The molecule has 2 nitrogen and oxygen atoms in total. The molecular weight excluding hydrogens is 112 g/mol. The van der Waals surface area contributed by atoms with Gasteiger partial charge in [-0.05, 0) is 6.08 Å². The quantitative estimate of drug-likeness (QED) is 0.491. The predicted molar refractivity (Wildman–Crippen MR) is 38.3 cm³/mol. The summed E-state index contributed by atoms with van der Waals surface area (Å²) in [6, 6.07) is 0. The molecule has 0 saturated carbocycles. The van der Waals surface area contributed by atoms with Gasteiger partial charge in [0, 0.05) is 11.8 Å². The van der Waals surface area contributed by atoms with E-state index in [1.54, 1.807) is 6.08 Å². The summed E-state index contributed by atoms with van der Waals surface area (Å²) in [5, 5.41) is 7.26. The summed E-state index contributed by atoms with van der Waals surface area (Å²) in [6.45, 7) is 0. The van der Waals surface area contributed by atoms with Crippen molar-refractivity contribution in [3.05, 3.63) is 36.1 Å². The summed E-state index contributed by atoms with van der Waals surface area (Å²) >= 11 is 0. The zero-order chi connectivity index (χ0) is 6.69. The van der Waals surface area contributed by atoms with Gasteiger partial charge in [0.25, 0.3) is 0 Å². The summed E-state index contributed by atoms with van der Waals surface area (Å²) in [6.07, 6.45) is 8.62. The first-order chi connectivity index (χ1) is 4.34. The molecule has 0 aromatic carbocycles. The van der Waals surface area contributed by atoms with Gasteiger partial charge >= 0.3 is 0 Å². The summed E-state index contributed by atoms with van der Waals surface area (Å²) in [5.41, 5.74) is 6.45. The highest BCUT2D eigenvalue weighted by Crippen LogP contribution is 2.03. The molecule has 0 unspecified atom stereocenters. The number of nitrogens with one attached hydrogen (secondary N) is 1. The molecule has 0 fully saturated rings. The van der Waals surface area contributed by atoms with Crippen molar-refractivity contribution in [3.63, 3.8) is 0 Å². The fourth-order valence-corrected chi connectivity index (χ4v) is 0.642. The third-order valence-electron chi connectivity index (χ3n) is 1.14. The summed E-state index contributed by atoms with van der Waals surface area (Å²) < 4.78 is 0. The van der Waals surface area contributed by atoms with Gasteiger partial charge in [0.1, 0.15) is 0 Å². The smallest absolute Gasteiger partial charge is 0.0626 e. The standard InChI is InChI=1S/C7H8N2/c8-5-6-3-1-2-4-7(6)9/h1-5,9H,8H2/b6-5-,9-7?. The molecule has 1 aliphatic rings. The number of hydrogen-bond acceptors (Lipinski definition) is 2. The molecule has 9 heavy (non-hydrogen) atoms. The molecule has 0 aliphatic heterocycles. The van der Waals surface area contributed by atoms with Gasteiger partial charge in [-0.15, -0.1) is 0 Å². The van der Waals surface area contributed by atoms with Crippen LogP contribution < -0.4 is 5.73 Å². The maximum Gasteiger partial charge on any atom is 0.0626 e. The molecule has 0 amide bonds. The van der Waals surface area contributed by atoms with Crippen molar-refractivity contribution in [2.45, 2.75) is 0 Å². The van der Waals surface area contributed by atoms with Crippen molar-refractivity contribution >= 4 is 5.71 Å². The van der Waals surface area contributed by atoms with Crippen molar-refractivity contribution in [2.75, 3.05) is 0 Å². The number of rotatable bonds is 0. The molecule has 0 saturated heterocycles. The van der Waals surface area contributed by atoms with E-state index in [2.05, 4.69) is 0 Å². The molecule has 1 aliphatic carbocycles. The SMILES string of the molecule is N=C1C=CC=C/C1=C/N. The normalized spacial score (nSPS) is 21.3. The van der Waals surface area contributed by atoms with Crippen LogP contribution in [0.15, 0.2) is 36.1 Å². The van der Waals surface area contributed by atoms with E-state index in [-0.39, 0.29) is 0 Å². The molecule has 0 spiro atoms. The van der Waals surface area contributed by atoms with E-state index in [1.165, 1.54) is 6.20 Å². The van der Waals surface area contributed by atoms with Gasteiger partial charge in [0.05, 0.1) is 5.71 Å². The summed E-state index contributed by atoms with van der Waals surface area (Å²) in [7, 11) is 0. The Morgan fingerprint density at radius 1 is 1.33 bits per heavy atom. The Bertz CT molecular complexity index is 209. The minimum Gasteiger partial charge on any atom is -0.404 e. The molecule has 1 rings (SSSR count). The predicted octanol–water partition coefficient (Wildman–Crippen LogP) is 0.975. The molecule has 46 valence electrons. The minimum atomic E-state index is 0.472. The molecule has 0 aromatic heterocycles. The number of nitrogens with two attached hydrogens (primary N) is 1. The van der Waals surface area contributed by atoms with E-state index in [9.17, 15) is 0 Å². The summed E-state index contributed by atoms with van der Waals surface area (Å²) in [4.78, 5) is 0. The van der Waals surface area contributed by atoms with Crippen molar-refractivity contribution < 1.29 is 0 Å². The van der Waals surface area contributed by atoms with Gasteiger partial charge in [-0.2, -0.15) is 0 Å². The largest absolute Gasteiger partial charge is 0.404 e. The average molecular weight is 120 g/mol. The highest BCUT2D eigenvalue weighted by Gasteiger charge is 1.97. The van der Waals surface area contributed by atoms with Crippen molar-refractivity contribution in [1.82, 2.24) is 0 Å². The van der Waals surface area contributed by atoms with Crippen LogP contribution in [0.5, 0.6) is 0 Å². The van der Waals surface area contributed by atoms with Crippen molar-refractivity contribution in [1.29, 1.82) is 5.41 Å². The van der Waals surface area contributed by atoms with Crippen LogP contribution in [0.3, 0.4) is 0 Å². The van der Waals surface area contributed by atoms with E-state index >= 15 is 0 Å². The Labute approximate surface area is 53.9 Å². The maximum absolute atomic E-state index is 7.26. The van der Waals surface area contributed by atoms with E-state index < -0.39 is 0 Å². The molecular formula is C7H8N2. The Balaban J connectivity index is 2.91. The lowest BCUT2D eigenvalue weighted by Gasteiger charge is -2.00. The van der Waals surface area contributed by atoms with Crippen molar-refractivity contribution in [3.8, 4) is 0 Å². The molecule has 2 heteroatoms. The summed E-state index contributed by atoms with van der Waals surface area (Å²) in [5.74, 6) is 0. The van der Waals surface area contributed by atoms with Crippen LogP contribution in [0.1, 0.15) is 0 Å². The van der Waals surface area contributed by atoms with E-state index in [1.807, 2.05) is 18.2 Å². The first kappa shape index (κ1) is 5.82. The fraction of sp³-hybridized carbons (Fsp3) is 0. The Hall–Kier alpha value is -1.31. The Kier molecular flexibility index (Phi) is 1.49. The zero-order valence-electron chi connectivity index (χ0n) is 4.96. The van der Waals surface area contributed by atoms with Gasteiger partial charge in [-0.1, -0.05) is 18.2 Å². The molecule has 3 N–H and O–H groups in total. The van der Waals surface area contributed by atoms with E-state index in [0.717, 1.165) is 5.57 Å². The molecule has 0 heterocycles. The molecule has 0 radical (unpaired) electrons. The monoisotopic (exact) mass is 120 g/mol. The van der Waals surface area contributed by atoms with Gasteiger partial charge < -0.3 is 11.1 Å². The van der Waals surface area contributed by atoms with Crippen LogP contribution in [0.4, 0.5) is 0 Å². The third-order valence-corrected chi connectivity index (χ3v) is 1.14. The first-order valence-electron chi connectivity index (χ1n) is 2.70. The second kappa shape index (κ2) is 2.31. The topological polar surface area (TPSA) is 49.9 Å². The van der Waals surface area contributed by atoms with Gasteiger partial charge in [-0.3, -0.25) is 0 Å². The second-order valence-electron chi connectivity index (χ2n) is 1.75. The van der Waals surface area contributed by atoms with E-state index in [4.69, 9.17) is 11.1 Å². The number of allylic oxidation sites excluding steroid dienone is 5. The number of hydrogen-bond donors (Lipinski definition) is 2. The van der Waals surface area contributed by atoms with Crippen LogP contribution in [0.2, 0.25) is 0 Å². The molecule has 0 bridgehead atoms. The van der Waals surface area contributed by atoms with Gasteiger partial charge in [0.2, 0.25) is 0 Å². The van der Waals surface area contributed by atoms with Crippen LogP contribution >= 0.6 is 0 Å². The highest BCUT2D eigenvalue weighted by atomic mass is 14.5. The average Bonchev–Trinajstić information content (AvgIpc) is 1.89. The highest BCUT2D eigenvalue weighted by molar-refractivity contribution is 6.09. The Morgan fingerprint density at radius 3 is 2.44 bits per heavy atom. The molecule has 0 aromatic rings. The van der Waals surface area contributed by atoms with Crippen LogP contribution in [0, 0.1) is 5.41 Å². The first-order valence-corrected chi connectivity index (χ1v) is 2.70. The van der Waals surface area contributed by atoms with Crippen LogP contribution in [-0.4, -0.2) is 5.71 Å². The van der Waals surface area contributed by atoms with Gasteiger partial charge in [-0.25, -0.2) is 0 Å². The van der Waals surface area contributed by atoms with Crippen LogP contribution in [0.25, 0.3) is 0 Å². The van der Waals surface area contributed by atoms with Gasteiger partial charge in [0.15, 0.2) is 0 Å². The third kappa shape index (κ3) is 1.08. The fourth-order valence-electron chi connectivity index (χ4n) is 0.642. The lowest BCUT2D eigenvalue weighted by Crippen LogP contribution is -1.99. The van der Waals surface area contributed by atoms with E-state index in [0.29, 0.717) is 5.71 Å². The molecule has 0 atom stereocenters. The Morgan fingerprint density at radius 2 is 2.00 bits per heavy atom. The van der Waals surface area contributed by atoms with Crippen molar-refractivity contribution in [2.24, 2.45) is 5.73 Å².